The van der Waals surface area contributed by atoms with Gasteiger partial charge in [-0.25, -0.2) is 0 Å². The van der Waals surface area contributed by atoms with E-state index in [0.29, 0.717) is 18.3 Å². The van der Waals surface area contributed by atoms with Crippen molar-refractivity contribution in [2.45, 2.75) is 33.1 Å². The molecule has 1 rings (SSSR count). The van der Waals surface area contributed by atoms with Crippen LogP contribution in [0.15, 0.2) is 0 Å². The zero-order chi connectivity index (χ0) is 10.8. The Kier molecular flexibility index (Phi) is 3.53. The van der Waals surface area contributed by atoms with E-state index in [4.69, 9.17) is 5.11 Å². The van der Waals surface area contributed by atoms with Crippen molar-refractivity contribution in [1.29, 1.82) is 0 Å². The number of aliphatic carboxylic acids is 1. The highest BCUT2D eigenvalue weighted by Crippen LogP contribution is 2.47. The lowest BCUT2D eigenvalue weighted by Gasteiger charge is -2.27. The second-order valence-corrected chi connectivity index (χ2v) is 4.96. The van der Waals surface area contributed by atoms with Crippen LogP contribution in [0, 0.1) is 17.3 Å². The lowest BCUT2D eigenvalue weighted by Crippen LogP contribution is -2.32. The zero-order valence-electron chi connectivity index (χ0n) is 9.34. The molecule has 1 aliphatic rings. The molecule has 3 heteroatoms. The van der Waals surface area contributed by atoms with Gasteiger partial charge in [0.1, 0.15) is 0 Å². The van der Waals surface area contributed by atoms with Crippen LogP contribution in [0.1, 0.15) is 33.1 Å². The number of nitrogens with one attached hydrogen (secondary N) is 1. The highest BCUT2D eigenvalue weighted by atomic mass is 16.4. The lowest BCUT2D eigenvalue weighted by atomic mass is 9.81. The van der Waals surface area contributed by atoms with Crippen LogP contribution in [0.2, 0.25) is 0 Å². The van der Waals surface area contributed by atoms with Crippen molar-refractivity contribution in [3.05, 3.63) is 0 Å². The number of rotatable bonds is 4. The predicted molar refractivity (Wildman–Crippen MR) is 56.2 cm³/mol. The Morgan fingerprint density at radius 2 is 1.93 bits per heavy atom. The molecule has 2 unspecified atom stereocenters. The van der Waals surface area contributed by atoms with Gasteiger partial charge in [0.2, 0.25) is 0 Å². The molecule has 0 radical (unpaired) electrons. The van der Waals surface area contributed by atoms with E-state index in [1.54, 1.807) is 0 Å². The molecule has 14 heavy (non-hydrogen) atoms. The molecular weight excluding hydrogens is 178 g/mol. The average Bonchev–Trinajstić information content (AvgIpc) is 2.26. The number of hydrogen-bond acceptors (Lipinski definition) is 2. The maximum absolute atomic E-state index is 10.8. The van der Waals surface area contributed by atoms with E-state index in [1.165, 1.54) is 0 Å². The van der Waals surface area contributed by atoms with Crippen LogP contribution in [0.4, 0.5) is 0 Å². The van der Waals surface area contributed by atoms with E-state index in [-0.39, 0.29) is 5.41 Å². The molecule has 0 bridgehead atoms. The Balaban J connectivity index is 2.68. The monoisotopic (exact) mass is 199 g/mol. The quantitative estimate of drug-likeness (QED) is 0.725. The standard InChI is InChI=1S/C11H21NO2/c1-8-4-11(7-12-3,5-9(8)2)6-10(13)14/h8-9,12H,4-7H2,1-3H3,(H,13,14). The largest absolute Gasteiger partial charge is 0.481 e. The first-order valence-corrected chi connectivity index (χ1v) is 5.35. The van der Waals surface area contributed by atoms with Crippen molar-refractivity contribution >= 4 is 5.97 Å². The minimum atomic E-state index is -0.665. The van der Waals surface area contributed by atoms with Crippen molar-refractivity contribution < 1.29 is 9.90 Å². The van der Waals surface area contributed by atoms with Crippen LogP contribution >= 0.6 is 0 Å². The van der Waals surface area contributed by atoms with Gasteiger partial charge in [0, 0.05) is 6.54 Å². The Bertz CT molecular complexity index is 205. The molecule has 1 fully saturated rings. The summed E-state index contributed by atoms with van der Waals surface area (Å²) in [5, 5.41) is 12.0. The fourth-order valence-electron chi connectivity index (χ4n) is 2.90. The normalized spacial score (nSPS) is 37.4. The van der Waals surface area contributed by atoms with E-state index in [2.05, 4.69) is 19.2 Å². The molecule has 3 nitrogen and oxygen atoms in total. The Morgan fingerprint density at radius 1 is 1.43 bits per heavy atom. The fraction of sp³-hybridized carbons (Fsp3) is 0.909. The molecule has 0 heterocycles. The summed E-state index contributed by atoms with van der Waals surface area (Å²) in [5.41, 5.74) is -0.000579. The van der Waals surface area contributed by atoms with Crippen LogP contribution in [0.25, 0.3) is 0 Å². The molecule has 0 aromatic heterocycles. The minimum absolute atomic E-state index is 0.000579. The summed E-state index contributed by atoms with van der Waals surface area (Å²) >= 11 is 0. The maximum Gasteiger partial charge on any atom is 0.303 e. The van der Waals surface area contributed by atoms with Crippen molar-refractivity contribution in [2.75, 3.05) is 13.6 Å². The topological polar surface area (TPSA) is 49.3 Å². The van der Waals surface area contributed by atoms with Gasteiger partial charge in [-0.1, -0.05) is 13.8 Å². The molecule has 2 N–H and O–H groups in total. The van der Waals surface area contributed by atoms with Crippen LogP contribution in [0.5, 0.6) is 0 Å². The van der Waals surface area contributed by atoms with Crippen molar-refractivity contribution in [1.82, 2.24) is 5.32 Å². The van der Waals surface area contributed by atoms with Crippen LogP contribution in [-0.4, -0.2) is 24.7 Å². The van der Waals surface area contributed by atoms with Crippen molar-refractivity contribution in [3.8, 4) is 0 Å². The molecule has 1 saturated carbocycles. The van der Waals surface area contributed by atoms with E-state index in [0.717, 1.165) is 19.4 Å². The third kappa shape index (κ3) is 2.47. The molecular formula is C11H21NO2. The van der Waals surface area contributed by atoms with E-state index < -0.39 is 5.97 Å². The van der Waals surface area contributed by atoms with Gasteiger partial charge in [-0.2, -0.15) is 0 Å². The van der Waals surface area contributed by atoms with Crippen LogP contribution in [0.3, 0.4) is 0 Å². The van der Waals surface area contributed by atoms with Gasteiger partial charge in [0.05, 0.1) is 6.42 Å². The second-order valence-electron chi connectivity index (χ2n) is 4.96. The predicted octanol–water partition coefficient (Wildman–Crippen LogP) is 1.73. The Hall–Kier alpha value is -0.570. The molecule has 2 atom stereocenters. The van der Waals surface area contributed by atoms with Gasteiger partial charge in [-0.05, 0) is 37.1 Å². The summed E-state index contributed by atoms with van der Waals surface area (Å²) < 4.78 is 0. The lowest BCUT2D eigenvalue weighted by molar-refractivity contribution is -0.139. The van der Waals surface area contributed by atoms with Crippen molar-refractivity contribution in [2.24, 2.45) is 17.3 Å². The van der Waals surface area contributed by atoms with Crippen molar-refractivity contribution in [3.63, 3.8) is 0 Å². The summed E-state index contributed by atoms with van der Waals surface area (Å²) in [6, 6.07) is 0. The number of hydrogen-bond donors (Lipinski definition) is 2. The first-order valence-electron chi connectivity index (χ1n) is 5.35. The Labute approximate surface area is 85.9 Å². The fourth-order valence-corrected chi connectivity index (χ4v) is 2.90. The molecule has 0 spiro atoms. The Morgan fingerprint density at radius 3 is 2.29 bits per heavy atom. The molecule has 0 aromatic rings. The maximum atomic E-state index is 10.8. The van der Waals surface area contributed by atoms with Crippen LogP contribution in [-0.2, 0) is 4.79 Å². The third-order valence-electron chi connectivity index (χ3n) is 3.56. The summed E-state index contributed by atoms with van der Waals surface area (Å²) in [6.07, 6.45) is 2.39. The first-order chi connectivity index (χ1) is 6.49. The minimum Gasteiger partial charge on any atom is -0.481 e. The summed E-state index contributed by atoms with van der Waals surface area (Å²) in [6.45, 7) is 5.28. The third-order valence-corrected chi connectivity index (χ3v) is 3.56. The first kappa shape index (κ1) is 11.5. The van der Waals surface area contributed by atoms with Crippen LogP contribution < -0.4 is 5.32 Å². The number of carboxylic acids is 1. The molecule has 0 aromatic carbocycles. The summed E-state index contributed by atoms with van der Waals surface area (Å²) in [4.78, 5) is 10.8. The van der Waals surface area contributed by atoms with Gasteiger partial charge in [0.25, 0.3) is 0 Å². The van der Waals surface area contributed by atoms with E-state index in [9.17, 15) is 4.79 Å². The summed E-state index contributed by atoms with van der Waals surface area (Å²) in [5.74, 6) is 0.645. The zero-order valence-corrected chi connectivity index (χ0v) is 9.34. The van der Waals surface area contributed by atoms with Gasteiger partial charge >= 0.3 is 5.97 Å². The summed E-state index contributed by atoms with van der Waals surface area (Å²) in [7, 11) is 1.90. The number of carboxylic acid groups (broad SMARTS) is 1. The molecule has 82 valence electrons. The average molecular weight is 199 g/mol. The van der Waals surface area contributed by atoms with E-state index in [1.807, 2.05) is 7.05 Å². The van der Waals surface area contributed by atoms with Gasteiger partial charge in [0.15, 0.2) is 0 Å². The van der Waals surface area contributed by atoms with Gasteiger partial charge < -0.3 is 10.4 Å². The molecule has 0 aliphatic heterocycles. The van der Waals surface area contributed by atoms with Gasteiger partial charge in [-0.3, -0.25) is 4.79 Å². The molecule has 0 amide bonds. The highest BCUT2D eigenvalue weighted by molar-refractivity contribution is 5.67. The second kappa shape index (κ2) is 4.30. The number of carbonyl (C=O) groups is 1. The molecule has 1 aliphatic carbocycles. The smallest absolute Gasteiger partial charge is 0.303 e. The highest BCUT2D eigenvalue weighted by Gasteiger charge is 2.42. The SMILES string of the molecule is CNCC1(CC(=O)O)CC(C)C(C)C1. The van der Waals surface area contributed by atoms with E-state index >= 15 is 0 Å². The van der Waals surface area contributed by atoms with Gasteiger partial charge in [-0.15, -0.1) is 0 Å². The molecule has 0 saturated heterocycles.